The number of hydrogen-bond donors (Lipinski definition) is 2. The summed E-state index contributed by atoms with van der Waals surface area (Å²) < 4.78 is 0. The van der Waals surface area contributed by atoms with Crippen LogP contribution in [0.15, 0.2) is 0 Å². The summed E-state index contributed by atoms with van der Waals surface area (Å²) in [5, 5.41) is 12.8. The van der Waals surface area contributed by atoms with Gasteiger partial charge in [-0.25, -0.2) is 0 Å². The van der Waals surface area contributed by atoms with Crippen LogP contribution in [0.2, 0.25) is 0 Å². The average Bonchev–Trinajstić information content (AvgIpc) is 2.15. The van der Waals surface area contributed by atoms with E-state index < -0.39 is 5.60 Å². The summed E-state index contributed by atoms with van der Waals surface area (Å²) in [6, 6.07) is 0. The fourth-order valence-corrected chi connectivity index (χ4v) is 1.49. The van der Waals surface area contributed by atoms with Crippen LogP contribution < -0.4 is 5.32 Å². The lowest BCUT2D eigenvalue weighted by atomic mass is 10.1. The Kier molecular flexibility index (Phi) is 8.02. The Bertz CT molecular complexity index is 139. The SMILES string of the molecule is CCN(CC)CCCNCCC(C)(C)O. The predicted octanol–water partition coefficient (Wildman–Crippen LogP) is 1.47. The monoisotopic (exact) mass is 216 g/mol. The maximum atomic E-state index is 9.49. The number of hydrogen-bond acceptors (Lipinski definition) is 3. The summed E-state index contributed by atoms with van der Waals surface area (Å²) in [4.78, 5) is 2.43. The summed E-state index contributed by atoms with van der Waals surface area (Å²) in [6.45, 7) is 13.5. The Morgan fingerprint density at radius 3 is 2.20 bits per heavy atom. The van der Waals surface area contributed by atoms with Gasteiger partial charge in [-0.05, 0) is 59.4 Å². The van der Waals surface area contributed by atoms with Crippen LogP contribution in [0.1, 0.15) is 40.5 Å². The van der Waals surface area contributed by atoms with Crippen molar-refractivity contribution in [1.29, 1.82) is 0 Å². The molecule has 0 atom stereocenters. The molecule has 3 heteroatoms. The summed E-state index contributed by atoms with van der Waals surface area (Å²) in [5.41, 5.74) is -0.536. The highest BCUT2D eigenvalue weighted by Gasteiger charge is 2.10. The van der Waals surface area contributed by atoms with E-state index in [1.807, 2.05) is 13.8 Å². The zero-order valence-corrected chi connectivity index (χ0v) is 10.8. The first-order valence-corrected chi connectivity index (χ1v) is 6.15. The van der Waals surface area contributed by atoms with E-state index in [-0.39, 0.29) is 0 Å². The second-order valence-corrected chi connectivity index (χ2v) is 4.69. The number of nitrogens with one attached hydrogen (secondary N) is 1. The van der Waals surface area contributed by atoms with E-state index in [2.05, 4.69) is 24.1 Å². The first kappa shape index (κ1) is 14.9. The van der Waals surface area contributed by atoms with Crippen molar-refractivity contribution in [2.45, 2.75) is 46.1 Å². The Labute approximate surface area is 94.9 Å². The molecule has 0 spiro atoms. The molecule has 3 nitrogen and oxygen atoms in total. The van der Waals surface area contributed by atoms with Gasteiger partial charge in [-0.15, -0.1) is 0 Å². The molecule has 0 radical (unpaired) electrons. The molecule has 0 rings (SSSR count). The van der Waals surface area contributed by atoms with Crippen molar-refractivity contribution in [2.24, 2.45) is 0 Å². The molecule has 92 valence electrons. The summed E-state index contributed by atoms with van der Waals surface area (Å²) in [5.74, 6) is 0. The first-order valence-electron chi connectivity index (χ1n) is 6.15. The van der Waals surface area contributed by atoms with Gasteiger partial charge in [-0.1, -0.05) is 13.8 Å². The Morgan fingerprint density at radius 1 is 1.13 bits per heavy atom. The van der Waals surface area contributed by atoms with Crippen molar-refractivity contribution in [2.75, 3.05) is 32.7 Å². The van der Waals surface area contributed by atoms with Gasteiger partial charge in [0.05, 0.1) is 5.60 Å². The first-order chi connectivity index (χ1) is 6.99. The van der Waals surface area contributed by atoms with Crippen molar-refractivity contribution in [3.05, 3.63) is 0 Å². The molecular formula is C12H28N2O. The largest absolute Gasteiger partial charge is 0.390 e. The maximum Gasteiger partial charge on any atom is 0.0603 e. The smallest absolute Gasteiger partial charge is 0.0603 e. The molecule has 0 bridgehead atoms. The van der Waals surface area contributed by atoms with E-state index in [9.17, 15) is 5.11 Å². The molecule has 0 aromatic heterocycles. The average molecular weight is 216 g/mol. The number of rotatable bonds is 9. The normalized spacial score (nSPS) is 12.4. The van der Waals surface area contributed by atoms with E-state index in [0.29, 0.717) is 0 Å². The molecule has 0 saturated heterocycles. The van der Waals surface area contributed by atoms with Crippen molar-refractivity contribution in [1.82, 2.24) is 10.2 Å². The van der Waals surface area contributed by atoms with Gasteiger partial charge in [-0.2, -0.15) is 0 Å². The zero-order chi connectivity index (χ0) is 11.7. The molecule has 0 saturated carbocycles. The molecule has 0 aliphatic heterocycles. The molecule has 0 unspecified atom stereocenters. The molecule has 0 heterocycles. The Hall–Kier alpha value is -0.120. The maximum absolute atomic E-state index is 9.49. The van der Waals surface area contributed by atoms with Gasteiger partial charge >= 0.3 is 0 Å². The quantitative estimate of drug-likeness (QED) is 0.573. The topological polar surface area (TPSA) is 35.5 Å². The molecule has 0 fully saturated rings. The van der Waals surface area contributed by atoms with E-state index in [4.69, 9.17) is 0 Å². The molecule has 0 amide bonds. The van der Waals surface area contributed by atoms with Crippen LogP contribution in [-0.4, -0.2) is 48.3 Å². The lowest BCUT2D eigenvalue weighted by Gasteiger charge is -2.19. The van der Waals surface area contributed by atoms with Gasteiger partial charge < -0.3 is 15.3 Å². The Morgan fingerprint density at radius 2 is 1.73 bits per heavy atom. The zero-order valence-electron chi connectivity index (χ0n) is 10.8. The molecule has 2 N–H and O–H groups in total. The second kappa shape index (κ2) is 8.08. The standard InChI is InChI=1S/C12H28N2O/c1-5-14(6-2)11-7-9-13-10-8-12(3,4)15/h13,15H,5-11H2,1-4H3. The van der Waals surface area contributed by atoms with E-state index >= 15 is 0 Å². The predicted molar refractivity (Wildman–Crippen MR) is 66.2 cm³/mol. The van der Waals surface area contributed by atoms with Crippen molar-refractivity contribution >= 4 is 0 Å². The van der Waals surface area contributed by atoms with Crippen molar-refractivity contribution in [3.63, 3.8) is 0 Å². The van der Waals surface area contributed by atoms with Crippen molar-refractivity contribution < 1.29 is 5.11 Å². The lowest BCUT2D eigenvalue weighted by Crippen LogP contribution is -2.30. The molecule has 15 heavy (non-hydrogen) atoms. The van der Waals surface area contributed by atoms with Crippen LogP contribution >= 0.6 is 0 Å². The van der Waals surface area contributed by atoms with Gasteiger partial charge in [0.2, 0.25) is 0 Å². The van der Waals surface area contributed by atoms with Gasteiger partial charge in [0, 0.05) is 0 Å². The number of aliphatic hydroxyl groups is 1. The molecule has 0 aliphatic carbocycles. The van der Waals surface area contributed by atoms with Crippen LogP contribution in [0.4, 0.5) is 0 Å². The number of nitrogens with zero attached hydrogens (tertiary/aromatic N) is 1. The minimum Gasteiger partial charge on any atom is -0.390 e. The Balaban J connectivity index is 3.25. The minimum atomic E-state index is -0.536. The van der Waals surface area contributed by atoms with Crippen LogP contribution in [0.5, 0.6) is 0 Å². The molecule has 0 aromatic rings. The summed E-state index contributed by atoms with van der Waals surface area (Å²) in [6.07, 6.45) is 2.01. The highest BCUT2D eigenvalue weighted by molar-refractivity contribution is 4.66. The highest BCUT2D eigenvalue weighted by atomic mass is 16.3. The van der Waals surface area contributed by atoms with Gasteiger partial charge in [0.1, 0.15) is 0 Å². The third-order valence-corrected chi connectivity index (χ3v) is 2.64. The van der Waals surface area contributed by atoms with E-state index in [0.717, 1.165) is 32.6 Å². The molecular weight excluding hydrogens is 188 g/mol. The van der Waals surface area contributed by atoms with E-state index in [1.165, 1.54) is 13.0 Å². The third kappa shape index (κ3) is 10.2. The molecule has 0 aromatic carbocycles. The van der Waals surface area contributed by atoms with Crippen LogP contribution in [0.3, 0.4) is 0 Å². The summed E-state index contributed by atoms with van der Waals surface area (Å²) in [7, 11) is 0. The summed E-state index contributed by atoms with van der Waals surface area (Å²) >= 11 is 0. The second-order valence-electron chi connectivity index (χ2n) is 4.69. The van der Waals surface area contributed by atoms with E-state index in [1.54, 1.807) is 0 Å². The van der Waals surface area contributed by atoms with Crippen LogP contribution in [-0.2, 0) is 0 Å². The van der Waals surface area contributed by atoms with Crippen molar-refractivity contribution in [3.8, 4) is 0 Å². The van der Waals surface area contributed by atoms with Crippen LogP contribution in [0, 0.1) is 0 Å². The van der Waals surface area contributed by atoms with Crippen LogP contribution in [0.25, 0.3) is 0 Å². The van der Waals surface area contributed by atoms with Gasteiger partial charge in [-0.3, -0.25) is 0 Å². The fraction of sp³-hybridized carbons (Fsp3) is 1.00. The fourth-order valence-electron chi connectivity index (χ4n) is 1.49. The highest BCUT2D eigenvalue weighted by Crippen LogP contribution is 2.04. The minimum absolute atomic E-state index is 0.536. The van der Waals surface area contributed by atoms with Gasteiger partial charge in [0.15, 0.2) is 0 Å². The molecule has 0 aliphatic rings. The van der Waals surface area contributed by atoms with Gasteiger partial charge in [0.25, 0.3) is 0 Å². The third-order valence-electron chi connectivity index (χ3n) is 2.64. The lowest BCUT2D eigenvalue weighted by molar-refractivity contribution is 0.0712.